The average Bonchev–Trinajstić information content (AvgIpc) is 3.21. The summed E-state index contributed by atoms with van der Waals surface area (Å²) < 4.78 is 1.92. The second kappa shape index (κ2) is 9.81. The SMILES string of the molecule is CC(=O)NC1(C(=O)NCc2cn(Cc3ccccc3)nc2-c2ccccc2)CCCCC1. The number of benzene rings is 2. The Morgan fingerprint density at radius 2 is 1.62 bits per heavy atom. The molecule has 0 aliphatic heterocycles. The Morgan fingerprint density at radius 1 is 0.969 bits per heavy atom. The van der Waals surface area contributed by atoms with E-state index in [1.165, 1.54) is 6.92 Å². The molecule has 1 heterocycles. The van der Waals surface area contributed by atoms with E-state index in [4.69, 9.17) is 5.10 Å². The van der Waals surface area contributed by atoms with Crippen LogP contribution in [0.25, 0.3) is 11.3 Å². The van der Waals surface area contributed by atoms with E-state index in [0.717, 1.165) is 41.6 Å². The Kier molecular flexibility index (Phi) is 6.69. The first kappa shape index (κ1) is 21.8. The molecule has 2 N–H and O–H groups in total. The van der Waals surface area contributed by atoms with E-state index in [0.29, 0.717) is 25.9 Å². The minimum Gasteiger partial charge on any atom is -0.350 e. The Labute approximate surface area is 189 Å². The number of carbonyl (C=O) groups is 2. The molecule has 1 aliphatic rings. The number of rotatable bonds is 7. The van der Waals surface area contributed by atoms with Gasteiger partial charge in [0.15, 0.2) is 0 Å². The van der Waals surface area contributed by atoms with E-state index >= 15 is 0 Å². The van der Waals surface area contributed by atoms with E-state index in [1.807, 2.05) is 59.4 Å². The highest BCUT2D eigenvalue weighted by Gasteiger charge is 2.40. The predicted octanol–water partition coefficient (Wildman–Crippen LogP) is 4.05. The number of nitrogens with zero attached hydrogens (tertiary/aromatic N) is 2. The molecule has 32 heavy (non-hydrogen) atoms. The third-order valence-corrected chi connectivity index (χ3v) is 6.07. The smallest absolute Gasteiger partial charge is 0.246 e. The molecule has 6 nitrogen and oxygen atoms in total. The Morgan fingerprint density at radius 3 is 2.28 bits per heavy atom. The molecule has 2 aromatic carbocycles. The van der Waals surface area contributed by atoms with Crippen molar-refractivity contribution < 1.29 is 9.59 Å². The molecule has 0 bridgehead atoms. The van der Waals surface area contributed by atoms with Crippen LogP contribution in [-0.4, -0.2) is 27.1 Å². The Hall–Kier alpha value is -3.41. The minimum absolute atomic E-state index is 0.109. The van der Waals surface area contributed by atoms with E-state index in [9.17, 15) is 9.59 Å². The molecule has 3 aromatic rings. The summed E-state index contributed by atoms with van der Waals surface area (Å²) in [5, 5.41) is 10.9. The third kappa shape index (κ3) is 5.07. The van der Waals surface area contributed by atoms with E-state index in [1.54, 1.807) is 0 Å². The maximum atomic E-state index is 13.2. The van der Waals surface area contributed by atoms with Crippen LogP contribution in [0.2, 0.25) is 0 Å². The van der Waals surface area contributed by atoms with Crippen LogP contribution < -0.4 is 10.6 Å². The molecule has 1 aromatic heterocycles. The van der Waals surface area contributed by atoms with Crippen molar-refractivity contribution in [3.8, 4) is 11.3 Å². The van der Waals surface area contributed by atoms with Crippen LogP contribution in [-0.2, 0) is 22.7 Å². The maximum absolute atomic E-state index is 13.2. The molecular weight excluding hydrogens is 400 g/mol. The van der Waals surface area contributed by atoms with Gasteiger partial charge in [-0.3, -0.25) is 14.3 Å². The number of carbonyl (C=O) groups excluding carboxylic acids is 2. The topological polar surface area (TPSA) is 76.0 Å². The lowest BCUT2D eigenvalue weighted by atomic mass is 9.80. The lowest BCUT2D eigenvalue weighted by Gasteiger charge is -2.36. The molecular formula is C26H30N4O2. The summed E-state index contributed by atoms with van der Waals surface area (Å²) in [4.78, 5) is 25.0. The number of hydrogen-bond acceptors (Lipinski definition) is 3. The standard InChI is InChI=1S/C26H30N4O2/c1-20(31)28-26(15-9-4-10-16-26)25(32)27-17-23-19-30(18-21-11-5-2-6-12-21)29-24(23)22-13-7-3-8-14-22/h2-3,5-8,11-14,19H,4,9-10,15-18H2,1H3,(H,27,32)(H,28,31). The van der Waals surface area contributed by atoms with Gasteiger partial charge in [0, 0.05) is 30.8 Å². The van der Waals surface area contributed by atoms with Gasteiger partial charge in [-0.2, -0.15) is 5.10 Å². The first-order chi connectivity index (χ1) is 15.6. The molecule has 0 saturated heterocycles. The fourth-order valence-electron chi connectivity index (χ4n) is 4.53. The predicted molar refractivity (Wildman–Crippen MR) is 125 cm³/mol. The van der Waals surface area contributed by atoms with Crippen molar-refractivity contribution in [2.24, 2.45) is 0 Å². The van der Waals surface area contributed by atoms with Gasteiger partial charge in [0.1, 0.15) is 5.54 Å². The van der Waals surface area contributed by atoms with Crippen LogP contribution in [0.5, 0.6) is 0 Å². The van der Waals surface area contributed by atoms with Gasteiger partial charge >= 0.3 is 0 Å². The van der Waals surface area contributed by atoms with Crippen molar-refractivity contribution in [1.82, 2.24) is 20.4 Å². The minimum atomic E-state index is -0.809. The molecule has 1 saturated carbocycles. The normalized spacial score (nSPS) is 15.2. The van der Waals surface area contributed by atoms with Gasteiger partial charge in [0.2, 0.25) is 11.8 Å². The summed E-state index contributed by atoms with van der Waals surface area (Å²) in [5.74, 6) is -0.273. The van der Waals surface area contributed by atoms with Crippen LogP contribution in [0.15, 0.2) is 66.9 Å². The fourth-order valence-corrected chi connectivity index (χ4v) is 4.53. The highest BCUT2D eigenvalue weighted by atomic mass is 16.2. The highest BCUT2D eigenvalue weighted by molar-refractivity contribution is 5.91. The van der Waals surface area contributed by atoms with Crippen LogP contribution in [0.3, 0.4) is 0 Å². The summed E-state index contributed by atoms with van der Waals surface area (Å²) >= 11 is 0. The first-order valence-electron chi connectivity index (χ1n) is 11.3. The zero-order valence-electron chi connectivity index (χ0n) is 18.5. The zero-order valence-corrected chi connectivity index (χ0v) is 18.5. The van der Waals surface area contributed by atoms with Crippen molar-refractivity contribution in [2.45, 2.75) is 57.7 Å². The third-order valence-electron chi connectivity index (χ3n) is 6.07. The van der Waals surface area contributed by atoms with E-state index in [-0.39, 0.29) is 11.8 Å². The number of aromatic nitrogens is 2. The second-order valence-electron chi connectivity index (χ2n) is 8.56. The summed E-state index contributed by atoms with van der Waals surface area (Å²) in [6, 6.07) is 20.2. The summed E-state index contributed by atoms with van der Waals surface area (Å²) in [6.45, 7) is 2.49. The number of nitrogens with one attached hydrogen (secondary N) is 2. The van der Waals surface area contributed by atoms with Crippen molar-refractivity contribution in [1.29, 1.82) is 0 Å². The highest BCUT2D eigenvalue weighted by Crippen LogP contribution is 2.29. The van der Waals surface area contributed by atoms with Gasteiger partial charge in [-0.05, 0) is 18.4 Å². The summed E-state index contributed by atoms with van der Waals surface area (Å²) in [7, 11) is 0. The molecule has 166 valence electrons. The van der Waals surface area contributed by atoms with Crippen LogP contribution in [0.4, 0.5) is 0 Å². The molecule has 0 unspecified atom stereocenters. The lowest BCUT2D eigenvalue weighted by molar-refractivity contribution is -0.134. The molecule has 2 amide bonds. The van der Waals surface area contributed by atoms with Crippen LogP contribution in [0.1, 0.15) is 50.2 Å². The largest absolute Gasteiger partial charge is 0.350 e. The molecule has 0 radical (unpaired) electrons. The second-order valence-corrected chi connectivity index (χ2v) is 8.56. The molecule has 0 atom stereocenters. The first-order valence-corrected chi connectivity index (χ1v) is 11.3. The van der Waals surface area contributed by atoms with Crippen LogP contribution >= 0.6 is 0 Å². The van der Waals surface area contributed by atoms with E-state index < -0.39 is 5.54 Å². The van der Waals surface area contributed by atoms with Gasteiger partial charge < -0.3 is 10.6 Å². The summed E-state index contributed by atoms with van der Waals surface area (Å²) in [5.41, 5.74) is 3.18. The monoisotopic (exact) mass is 430 g/mol. The quantitative estimate of drug-likeness (QED) is 0.594. The molecule has 4 rings (SSSR count). The summed E-state index contributed by atoms with van der Waals surface area (Å²) in [6.07, 6.45) is 6.34. The van der Waals surface area contributed by atoms with Crippen LogP contribution in [0, 0.1) is 0 Å². The number of hydrogen-bond donors (Lipinski definition) is 2. The molecule has 1 fully saturated rings. The fraction of sp³-hybridized carbons (Fsp3) is 0.346. The van der Waals surface area contributed by atoms with E-state index in [2.05, 4.69) is 22.8 Å². The Balaban J connectivity index is 1.56. The Bertz CT molecular complexity index is 1050. The van der Waals surface area contributed by atoms with Crippen molar-refractivity contribution in [2.75, 3.05) is 0 Å². The average molecular weight is 431 g/mol. The molecule has 1 aliphatic carbocycles. The van der Waals surface area contributed by atoms with Crippen molar-refractivity contribution in [3.05, 3.63) is 78.0 Å². The number of amides is 2. The van der Waals surface area contributed by atoms with Gasteiger partial charge in [0.25, 0.3) is 0 Å². The van der Waals surface area contributed by atoms with Gasteiger partial charge in [0.05, 0.1) is 12.2 Å². The van der Waals surface area contributed by atoms with Crippen molar-refractivity contribution in [3.63, 3.8) is 0 Å². The molecule has 6 heteroatoms. The molecule has 0 spiro atoms. The lowest BCUT2D eigenvalue weighted by Crippen LogP contribution is -2.59. The van der Waals surface area contributed by atoms with Gasteiger partial charge in [-0.15, -0.1) is 0 Å². The maximum Gasteiger partial charge on any atom is 0.246 e. The van der Waals surface area contributed by atoms with Gasteiger partial charge in [-0.1, -0.05) is 79.9 Å². The van der Waals surface area contributed by atoms with Crippen molar-refractivity contribution >= 4 is 11.8 Å². The van der Waals surface area contributed by atoms with Gasteiger partial charge in [-0.25, -0.2) is 0 Å². The zero-order chi connectivity index (χ0) is 22.4.